The van der Waals surface area contributed by atoms with Gasteiger partial charge in [-0.15, -0.1) is 0 Å². The minimum Gasteiger partial charge on any atom is -0.372 e. The molecule has 2 aromatic carbocycles. The van der Waals surface area contributed by atoms with Crippen molar-refractivity contribution < 1.29 is 4.79 Å². The van der Waals surface area contributed by atoms with Crippen molar-refractivity contribution in [3.05, 3.63) is 101 Å². The van der Waals surface area contributed by atoms with E-state index in [0.29, 0.717) is 16.6 Å². The third-order valence-corrected chi connectivity index (χ3v) is 6.65. The third kappa shape index (κ3) is 5.82. The number of nitrogens with zero attached hydrogens (tertiary/aromatic N) is 2. The number of carbonyl (C=O) groups excluding carboxylic acids is 1. The molecule has 1 aliphatic heterocycles. The molecular formula is C28H30ClN3O. The van der Waals surface area contributed by atoms with Crippen LogP contribution in [0, 0.1) is 5.92 Å². The highest BCUT2D eigenvalue weighted by Crippen LogP contribution is 2.29. The molecule has 0 unspecified atom stereocenters. The van der Waals surface area contributed by atoms with Gasteiger partial charge in [-0.2, -0.15) is 0 Å². The number of carbonyl (C=O) groups is 1. The Balaban J connectivity index is 1.41. The van der Waals surface area contributed by atoms with Gasteiger partial charge in [0.15, 0.2) is 0 Å². The van der Waals surface area contributed by atoms with E-state index in [2.05, 4.69) is 71.2 Å². The number of piperidine rings is 1. The lowest BCUT2D eigenvalue weighted by molar-refractivity contribution is 0.102. The van der Waals surface area contributed by atoms with E-state index in [1.165, 1.54) is 11.8 Å². The quantitative estimate of drug-likeness (QED) is 0.411. The van der Waals surface area contributed by atoms with Crippen LogP contribution >= 0.6 is 11.6 Å². The molecule has 0 radical (unpaired) electrons. The number of amides is 1. The molecule has 2 heterocycles. The minimum absolute atomic E-state index is 0.196. The number of pyridine rings is 1. The minimum atomic E-state index is -0.196. The summed E-state index contributed by atoms with van der Waals surface area (Å²) in [5.74, 6) is 0.514. The van der Waals surface area contributed by atoms with Crippen molar-refractivity contribution >= 4 is 28.9 Å². The number of aryl methyl sites for hydroxylation is 1. The van der Waals surface area contributed by atoms with Gasteiger partial charge in [0.1, 0.15) is 5.15 Å². The second kappa shape index (κ2) is 10.7. The summed E-state index contributed by atoms with van der Waals surface area (Å²) < 4.78 is 0. The van der Waals surface area contributed by atoms with Gasteiger partial charge in [0, 0.05) is 30.7 Å². The SMILES string of the molecule is C=C(c1ccc(CC)c(NC(=O)c2ccc(Cl)nc2)c1)N1CCC(Cc2ccccc2)CC1. The Morgan fingerprint density at radius 2 is 1.82 bits per heavy atom. The van der Waals surface area contributed by atoms with E-state index >= 15 is 0 Å². The Morgan fingerprint density at radius 3 is 2.48 bits per heavy atom. The molecular weight excluding hydrogens is 430 g/mol. The van der Waals surface area contributed by atoms with Gasteiger partial charge in [-0.3, -0.25) is 4.79 Å². The molecule has 4 nitrogen and oxygen atoms in total. The maximum Gasteiger partial charge on any atom is 0.257 e. The van der Waals surface area contributed by atoms with E-state index in [4.69, 9.17) is 11.6 Å². The maximum atomic E-state index is 12.7. The van der Waals surface area contributed by atoms with Crippen molar-refractivity contribution in [3.63, 3.8) is 0 Å². The van der Waals surface area contributed by atoms with Crippen LogP contribution < -0.4 is 5.32 Å². The second-order valence-corrected chi connectivity index (χ2v) is 9.00. The zero-order valence-electron chi connectivity index (χ0n) is 19.1. The van der Waals surface area contributed by atoms with Crippen molar-refractivity contribution in [1.82, 2.24) is 9.88 Å². The van der Waals surface area contributed by atoms with Crippen LogP contribution in [0.5, 0.6) is 0 Å². The first-order valence-electron chi connectivity index (χ1n) is 11.6. The molecule has 1 N–H and O–H groups in total. The molecule has 1 aliphatic rings. The highest BCUT2D eigenvalue weighted by atomic mass is 35.5. The molecule has 0 bridgehead atoms. The van der Waals surface area contributed by atoms with Crippen LogP contribution in [0.25, 0.3) is 5.70 Å². The smallest absolute Gasteiger partial charge is 0.257 e. The van der Waals surface area contributed by atoms with Gasteiger partial charge in [0.05, 0.1) is 5.56 Å². The lowest BCUT2D eigenvalue weighted by Gasteiger charge is -2.35. The summed E-state index contributed by atoms with van der Waals surface area (Å²) in [4.78, 5) is 19.1. The number of aromatic nitrogens is 1. The van der Waals surface area contributed by atoms with Crippen molar-refractivity contribution in [2.24, 2.45) is 5.92 Å². The number of hydrogen-bond acceptors (Lipinski definition) is 3. The van der Waals surface area contributed by atoms with Crippen LogP contribution in [0.1, 0.15) is 46.8 Å². The molecule has 0 atom stereocenters. The molecule has 5 heteroatoms. The van der Waals surface area contributed by atoms with E-state index < -0.39 is 0 Å². The summed E-state index contributed by atoms with van der Waals surface area (Å²) in [5.41, 5.74) is 5.85. The Bertz CT molecular complexity index is 1100. The molecule has 4 rings (SSSR count). The third-order valence-electron chi connectivity index (χ3n) is 6.43. The van der Waals surface area contributed by atoms with E-state index in [0.717, 1.165) is 61.3 Å². The van der Waals surface area contributed by atoms with Gasteiger partial charge in [-0.25, -0.2) is 4.98 Å². The molecule has 1 saturated heterocycles. The Morgan fingerprint density at radius 1 is 1.09 bits per heavy atom. The zero-order valence-corrected chi connectivity index (χ0v) is 19.8. The number of hydrogen-bond donors (Lipinski definition) is 1. The van der Waals surface area contributed by atoms with E-state index in [1.807, 2.05) is 6.07 Å². The van der Waals surface area contributed by atoms with Crippen molar-refractivity contribution in [2.75, 3.05) is 18.4 Å². The number of benzene rings is 2. The molecule has 3 aromatic rings. The van der Waals surface area contributed by atoms with E-state index in [1.54, 1.807) is 12.1 Å². The van der Waals surface area contributed by atoms with Gasteiger partial charge in [-0.05, 0) is 66.5 Å². The van der Waals surface area contributed by atoms with Crippen LogP contribution in [0.3, 0.4) is 0 Å². The highest BCUT2D eigenvalue weighted by molar-refractivity contribution is 6.29. The molecule has 1 amide bonds. The average Bonchev–Trinajstić information content (AvgIpc) is 2.85. The van der Waals surface area contributed by atoms with Gasteiger partial charge in [0.2, 0.25) is 0 Å². The predicted molar refractivity (Wildman–Crippen MR) is 136 cm³/mol. The highest BCUT2D eigenvalue weighted by Gasteiger charge is 2.21. The molecule has 33 heavy (non-hydrogen) atoms. The number of anilines is 1. The first-order chi connectivity index (χ1) is 16.0. The summed E-state index contributed by atoms with van der Waals surface area (Å²) in [6, 6.07) is 20.3. The van der Waals surface area contributed by atoms with Crippen molar-refractivity contribution in [2.45, 2.75) is 32.6 Å². The maximum absolute atomic E-state index is 12.7. The monoisotopic (exact) mass is 459 g/mol. The molecule has 1 fully saturated rings. The molecule has 0 aliphatic carbocycles. The fourth-order valence-corrected chi connectivity index (χ4v) is 4.53. The summed E-state index contributed by atoms with van der Waals surface area (Å²) in [7, 11) is 0. The Labute approximate surface area is 201 Å². The largest absolute Gasteiger partial charge is 0.372 e. The lowest BCUT2D eigenvalue weighted by Crippen LogP contribution is -2.32. The number of nitrogens with one attached hydrogen (secondary N) is 1. The van der Waals surface area contributed by atoms with Crippen LogP contribution in [0.4, 0.5) is 5.69 Å². The standard InChI is InChI=1S/C28H30ClN3O/c1-3-23-9-10-24(18-26(23)31-28(33)25-11-12-27(29)30-19-25)20(2)32-15-13-22(14-16-32)17-21-7-5-4-6-8-21/h4-12,18-19,22H,2-3,13-17H2,1H3,(H,31,33). The fraction of sp³-hybridized carbons (Fsp3) is 0.286. The number of likely N-dealkylation sites (tertiary alicyclic amines) is 1. The molecule has 0 spiro atoms. The van der Waals surface area contributed by atoms with Crippen LogP contribution in [-0.2, 0) is 12.8 Å². The van der Waals surface area contributed by atoms with Gasteiger partial charge in [0.25, 0.3) is 5.91 Å². The summed E-state index contributed by atoms with van der Waals surface area (Å²) in [5, 5.41) is 3.42. The lowest BCUT2D eigenvalue weighted by atomic mass is 9.89. The summed E-state index contributed by atoms with van der Waals surface area (Å²) in [6.07, 6.45) is 5.78. The zero-order chi connectivity index (χ0) is 23.2. The molecule has 0 saturated carbocycles. The Hall–Kier alpha value is -3.11. The van der Waals surface area contributed by atoms with Crippen molar-refractivity contribution in [3.8, 4) is 0 Å². The van der Waals surface area contributed by atoms with E-state index in [9.17, 15) is 4.79 Å². The predicted octanol–water partition coefficient (Wildman–Crippen LogP) is 6.48. The Kier molecular flexibility index (Phi) is 7.46. The topological polar surface area (TPSA) is 45.2 Å². The van der Waals surface area contributed by atoms with Crippen LogP contribution in [-0.4, -0.2) is 28.9 Å². The second-order valence-electron chi connectivity index (χ2n) is 8.62. The molecule has 1 aromatic heterocycles. The fourth-order valence-electron chi connectivity index (χ4n) is 4.42. The van der Waals surface area contributed by atoms with Gasteiger partial charge in [-0.1, -0.05) is 67.6 Å². The van der Waals surface area contributed by atoms with E-state index in [-0.39, 0.29) is 5.91 Å². The summed E-state index contributed by atoms with van der Waals surface area (Å²) in [6.45, 7) is 8.48. The van der Waals surface area contributed by atoms with Crippen LogP contribution in [0.15, 0.2) is 73.4 Å². The van der Waals surface area contributed by atoms with Crippen molar-refractivity contribution in [1.29, 1.82) is 0 Å². The molecule has 170 valence electrons. The first kappa shape index (κ1) is 23.1. The van der Waals surface area contributed by atoms with Gasteiger partial charge < -0.3 is 10.2 Å². The average molecular weight is 460 g/mol. The number of halogens is 1. The first-order valence-corrected chi connectivity index (χ1v) is 11.9. The van der Waals surface area contributed by atoms with Gasteiger partial charge >= 0.3 is 0 Å². The normalized spacial score (nSPS) is 14.2. The van der Waals surface area contributed by atoms with Crippen LogP contribution in [0.2, 0.25) is 5.15 Å². The summed E-state index contributed by atoms with van der Waals surface area (Å²) >= 11 is 5.85. The number of rotatable bonds is 7.